The van der Waals surface area contributed by atoms with Crippen molar-refractivity contribution in [3.05, 3.63) is 48.3 Å². The van der Waals surface area contributed by atoms with Crippen LogP contribution in [0.15, 0.2) is 47.5 Å². The molecule has 0 fully saturated rings. The van der Waals surface area contributed by atoms with Crippen LogP contribution < -0.4 is 10.0 Å². The van der Waals surface area contributed by atoms with Crippen molar-refractivity contribution in [1.82, 2.24) is 10.3 Å². The third kappa shape index (κ3) is 3.85. The Morgan fingerprint density at radius 2 is 1.95 bits per heavy atom. The molecule has 0 radical (unpaired) electrons. The first-order valence-corrected chi connectivity index (χ1v) is 8.06. The lowest BCUT2D eigenvalue weighted by atomic mass is 10.3. The predicted molar refractivity (Wildman–Crippen MR) is 80.0 cm³/mol. The van der Waals surface area contributed by atoms with Gasteiger partial charge < -0.3 is 10.3 Å². The Kier molecular flexibility index (Phi) is 4.81. The summed E-state index contributed by atoms with van der Waals surface area (Å²) in [5.74, 6) is 0. The van der Waals surface area contributed by atoms with Crippen molar-refractivity contribution in [3.8, 4) is 0 Å². The second kappa shape index (κ2) is 6.58. The van der Waals surface area contributed by atoms with Crippen LogP contribution in [0.25, 0.3) is 0 Å². The molecule has 0 bridgehead atoms. The van der Waals surface area contributed by atoms with Crippen LogP contribution in [0.3, 0.4) is 0 Å². The Morgan fingerprint density at radius 1 is 1.20 bits per heavy atom. The third-order valence-corrected chi connectivity index (χ3v) is 4.16. The maximum atomic E-state index is 12.2. The molecule has 2 aromatic rings. The first kappa shape index (κ1) is 14.6. The molecule has 3 N–H and O–H groups in total. The predicted octanol–water partition coefficient (Wildman–Crippen LogP) is 2.32. The number of aromatic amines is 1. The largest absolute Gasteiger partial charge is 0.363 e. The van der Waals surface area contributed by atoms with Crippen LogP contribution in [0.1, 0.15) is 19.0 Å². The molecule has 0 aliphatic rings. The number of hydrogen-bond donors (Lipinski definition) is 3. The van der Waals surface area contributed by atoms with Crippen molar-refractivity contribution in [2.75, 3.05) is 11.3 Å². The van der Waals surface area contributed by atoms with E-state index in [1.807, 2.05) is 6.07 Å². The molecule has 0 atom stereocenters. The van der Waals surface area contributed by atoms with Crippen molar-refractivity contribution in [1.29, 1.82) is 0 Å². The average molecular weight is 293 g/mol. The molecule has 0 aliphatic carbocycles. The van der Waals surface area contributed by atoms with Gasteiger partial charge in [-0.05, 0) is 31.2 Å². The zero-order valence-corrected chi connectivity index (χ0v) is 12.2. The first-order valence-electron chi connectivity index (χ1n) is 6.57. The summed E-state index contributed by atoms with van der Waals surface area (Å²) in [6, 6.07) is 10.5. The summed E-state index contributed by atoms with van der Waals surface area (Å²) >= 11 is 0. The van der Waals surface area contributed by atoms with E-state index in [9.17, 15) is 8.42 Å². The first-order chi connectivity index (χ1) is 9.62. The van der Waals surface area contributed by atoms with Gasteiger partial charge in [-0.25, -0.2) is 8.42 Å². The minimum absolute atomic E-state index is 0.245. The molecule has 1 heterocycles. The fourth-order valence-corrected chi connectivity index (χ4v) is 2.87. The van der Waals surface area contributed by atoms with Gasteiger partial charge in [-0.2, -0.15) is 0 Å². The van der Waals surface area contributed by atoms with Crippen molar-refractivity contribution in [2.45, 2.75) is 24.8 Å². The second-order valence-electron chi connectivity index (χ2n) is 4.51. The Bertz CT molecular complexity index is 635. The van der Waals surface area contributed by atoms with Crippen LogP contribution in [0.5, 0.6) is 0 Å². The molecule has 0 spiro atoms. The minimum Gasteiger partial charge on any atom is -0.363 e. The van der Waals surface area contributed by atoms with Gasteiger partial charge in [0.15, 0.2) is 0 Å². The number of para-hydroxylation sites is 1. The minimum atomic E-state index is -3.53. The van der Waals surface area contributed by atoms with Gasteiger partial charge in [-0.3, -0.25) is 4.72 Å². The summed E-state index contributed by atoms with van der Waals surface area (Å²) in [4.78, 5) is 3.22. The van der Waals surface area contributed by atoms with E-state index in [4.69, 9.17) is 0 Å². The highest BCUT2D eigenvalue weighted by Crippen LogP contribution is 2.16. The zero-order chi connectivity index (χ0) is 14.4. The Balaban J connectivity index is 2.06. The van der Waals surface area contributed by atoms with E-state index in [1.54, 1.807) is 30.3 Å². The lowest BCUT2D eigenvalue weighted by Gasteiger charge is -2.05. The fourth-order valence-electron chi connectivity index (χ4n) is 1.80. The molecule has 0 amide bonds. The highest BCUT2D eigenvalue weighted by Gasteiger charge is 2.15. The molecule has 1 aromatic carbocycles. The summed E-state index contributed by atoms with van der Waals surface area (Å²) in [6.07, 6.45) is 2.55. The van der Waals surface area contributed by atoms with Gasteiger partial charge in [0.2, 0.25) is 0 Å². The third-order valence-electron chi connectivity index (χ3n) is 2.79. The molecule has 2 rings (SSSR count). The van der Waals surface area contributed by atoms with Gasteiger partial charge >= 0.3 is 0 Å². The van der Waals surface area contributed by atoms with Crippen LogP contribution in [0.4, 0.5) is 5.69 Å². The van der Waals surface area contributed by atoms with Crippen molar-refractivity contribution >= 4 is 15.7 Å². The number of sulfonamides is 1. The molecule has 1 aromatic heterocycles. The van der Waals surface area contributed by atoms with Gasteiger partial charge in [0.05, 0.1) is 0 Å². The molecule has 0 saturated heterocycles. The lowest BCUT2D eigenvalue weighted by Crippen LogP contribution is -2.14. The number of nitrogens with one attached hydrogen (secondary N) is 3. The van der Waals surface area contributed by atoms with E-state index in [-0.39, 0.29) is 4.90 Å². The van der Waals surface area contributed by atoms with E-state index in [0.29, 0.717) is 12.2 Å². The number of rotatable bonds is 7. The molecular weight excluding hydrogens is 274 g/mol. The SMILES string of the molecule is CCCNCc1cc(S(=O)(=O)Nc2ccccc2)c[nH]1. The van der Waals surface area contributed by atoms with Crippen LogP contribution in [0.2, 0.25) is 0 Å². The van der Waals surface area contributed by atoms with E-state index >= 15 is 0 Å². The van der Waals surface area contributed by atoms with Crippen molar-refractivity contribution in [2.24, 2.45) is 0 Å². The summed E-state index contributed by atoms with van der Waals surface area (Å²) in [5, 5.41) is 3.22. The van der Waals surface area contributed by atoms with Crippen LogP contribution in [-0.4, -0.2) is 19.9 Å². The maximum Gasteiger partial charge on any atom is 0.263 e. The fraction of sp³-hybridized carbons (Fsp3) is 0.286. The maximum absolute atomic E-state index is 12.2. The standard InChI is InChI=1S/C14H19N3O2S/c1-2-8-15-10-13-9-14(11-16-13)20(18,19)17-12-6-4-3-5-7-12/h3-7,9,11,15-17H,2,8,10H2,1H3. The number of anilines is 1. The Labute approximate surface area is 119 Å². The summed E-state index contributed by atoms with van der Waals surface area (Å²) in [7, 11) is -3.53. The summed E-state index contributed by atoms with van der Waals surface area (Å²) in [6.45, 7) is 3.62. The number of aromatic nitrogens is 1. The number of H-pyrrole nitrogens is 1. The van der Waals surface area contributed by atoms with Crippen LogP contribution in [0, 0.1) is 0 Å². The normalized spacial score (nSPS) is 11.4. The number of hydrogen-bond acceptors (Lipinski definition) is 3. The lowest BCUT2D eigenvalue weighted by molar-refractivity contribution is 0.601. The quantitative estimate of drug-likeness (QED) is 0.686. The van der Waals surface area contributed by atoms with Gasteiger partial charge in [0.25, 0.3) is 10.0 Å². The van der Waals surface area contributed by atoms with E-state index < -0.39 is 10.0 Å². The molecule has 0 unspecified atom stereocenters. The van der Waals surface area contributed by atoms with Crippen LogP contribution >= 0.6 is 0 Å². The molecule has 20 heavy (non-hydrogen) atoms. The highest BCUT2D eigenvalue weighted by molar-refractivity contribution is 7.92. The molecular formula is C14H19N3O2S. The Morgan fingerprint density at radius 3 is 2.65 bits per heavy atom. The Hall–Kier alpha value is -1.79. The monoisotopic (exact) mass is 293 g/mol. The smallest absolute Gasteiger partial charge is 0.263 e. The molecule has 0 saturated carbocycles. The topological polar surface area (TPSA) is 74.0 Å². The van der Waals surface area contributed by atoms with Crippen molar-refractivity contribution in [3.63, 3.8) is 0 Å². The molecule has 5 nitrogen and oxygen atoms in total. The van der Waals surface area contributed by atoms with Crippen LogP contribution in [-0.2, 0) is 16.6 Å². The molecule has 6 heteroatoms. The van der Waals surface area contributed by atoms with Crippen molar-refractivity contribution < 1.29 is 8.42 Å². The number of benzene rings is 1. The molecule has 108 valence electrons. The van der Waals surface area contributed by atoms with Gasteiger partial charge in [-0.15, -0.1) is 0 Å². The van der Waals surface area contributed by atoms with E-state index in [2.05, 4.69) is 21.9 Å². The van der Waals surface area contributed by atoms with E-state index in [0.717, 1.165) is 18.7 Å². The highest BCUT2D eigenvalue weighted by atomic mass is 32.2. The van der Waals surface area contributed by atoms with Gasteiger partial charge in [0, 0.05) is 24.1 Å². The summed E-state index contributed by atoms with van der Waals surface area (Å²) < 4.78 is 26.9. The van der Waals surface area contributed by atoms with Gasteiger partial charge in [0.1, 0.15) is 4.90 Å². The van der Waals surface area contributed by atoms with Gasteiger partial charge in [-0.1, -0.05) is 25.1 Å². The zero-order valence-electron chi connectivity index (χ0n) is 11.4. The second-order valence-corrected chi connectivity index (χ2v) is 6.19. The average Bonchev–Trinajstić information content (AvgIpc) is 2.89. The van der Waals surface area contributed by atoms with E-state index in [1.165, 1.54) is 6.20 Å². The molecule has 0 aliphatic heterocycles. The summed E-state index contributed by atoms with van der Waals surface area (Å²) in [5.41, 5.74) is 1.41.